The van der Waals surface area contributed by atoms with Crippen molar-refractivity contribution in [3.05, 3.63) is 58.9 Å². The van der Waals surface area contributed by atoms with Gasteiger partial charge < -0.3 is 10.5 Å². The molecule has 21 heavy (non-hydrogen) atoms. The molecule has 0 fully saturated rings. The lowest BCUT2D eigenvalue weighted by Gasteiger charge is -2.17. The average Bonchev–Trinajstić information content (AvgIpc) is 2.51. The largest absolute Gasteiger partial charge is 0.496 e. The summed E-state index contributed by atoms with van der Waals surface area (Å²) in [4.78, 5) is 4.57. The molecule has 3 nitrogen and oxygen atoms in total. The van der Waals surface area contributed by atoms with Gasteiger partial charge in [-0.15, -0.1) is 0 Å². The van der Waals surface area contributed by atoms with Crippen molar-refractivity contribution in [2.24, 2.45) is 5.73 Å². The fourth-order valence-corrected chi connectivity index (χ4v) is 2.78. The summed E-state index contributed by atoms with van der Waals surface area (Å²) < 4.78 is 5.47. The Balaban J connectivity index is 2.12. The number of nitrogens with zero attached hydrogens (tertiary/aromatic N) is 1. The maximum Gasteiger partial charge on any atom is 0.128 e. The zero-order chi connectivity index (χ0) is 15.2. The predicted octanol–water partition coefficient (Wildman–Crippen LogP) is 3.38. The highest BCUT2D eigenvalue weighted by atomic mass is 16.5. The topological polar surface area (TPSA) is 48.1 Å². The second-order valence-corrected chi connectivity index (χ2v) is 5.43. The minimum Gasteiger partial charge on any atom is -0.496 e. The van der Waals surface area contributed by atoms with Gasteiger partial charge in [0.2, 0.25) is 0 Å². The summed E-state index contributed by atoms with van der Waals surface area (Å²) in [5, 5.41) is 0. The van der Waals surface area contributed by atoms with Gasteiger partial charge in [0, 0.05) is 23.0 Å². The van der Waals surface area contributed by atoms with E-state index < -0.39 is 0 Å². The molecule has 0 aliphatic rings. The van der Waals surface area contributed by atoms with E-state index in [0.29, 0.717) is 12.5 Å². The molecule has 0 radical (unpaired) electrons. The van der Waals surface area contributed by atoms with Crippen LogP contribution >= 0.6 is 0 Å². The molecule has 0 aliphatic carbocycles. The molecule has 112 valence electrons. The first-order valence-corrected chi connectivity index (χ1v) is 7.41. The van der Waals surface area contributed by atoms with E-state index in [9.17, 15) is 0 Å². The van der Waals surface area contributed by atoms with Crippen LogP contribution in [-0.4, -0.2) is 18.6 Å². The molecule has 1 aromatic carbocycles. The van der Waals surface area contributed by atoms with Gasteiger partial charge in [-0.1, -0.05) is 30.3 Å². The van der Waals surface area contributed by atoms with Crippen LogP contribution in [0, 0.1) is 13.8 Å². The molecule has 1 atom stereocenters. The van der Waals surface area contributed by atoms with Crippen molar-refractivity contribution < 1.29 is 4.74 Å². The molecule has 0 saturated carbocycles. The van der Waals surface area contributed by atoms with E-state index in [-0.39, 0.29) is 0 Å². The van der Waals surface area contributed by atoms with Crippen LogP contribution in [0.5, 0.6) is 5.75 Å². The molecular formula is C18H24N2O. The first kappa shape index (κ1) is 15.5. The number of hydrogen-bond acceptors (Lipinski definition) is 3. The first-order valence-electron chi connectivity index (χ1n) is 7.41. The van der Waals surface area contributed by atoms with Gasteiger partial charge in [0.15, 0.2) is 0 Å². The first-order chi connectivity index (χ1) is 10.2. The summed E-state index contributed by atoms with van der Waals surface area (Å²) in [6.07, 6.45) is 3.81. The van der Waals surface area contributed by atoms with Gasteiger partial charge in [0.1, 0.15) is 5.75 Å². The second-order valence-electron chi connectivity index (χ2n) is 5.43. The van der Waals surface area contributed by atoms with E-state index in [1.807, 2.05) is 19.2 Å². The van der Waals surface area contributed by atoms with Crippen LogP contribution in [0.1, 0.15) is 34.7 Å². The summed E-state index contributed by atoms with van der Waals surface area (Å²) in [6.45, 7) is 4.76. The van der Waals surface area contributed by atoms with Crippen molar-refractivity contribution in [1.82, 2.24) is 4.98 Å². The number of hydrogen-bond donors (Lipinski definition) is 1. The lowest BCUT2D eigenvalue weighted by atomic mass is 9.92. The Hall–Kier alpha value is -1.87. The average molecular weight is 284 g/mol. The second kappa shape index (κ2) is 7.23. The van der Waals surface area contributed by atoms with Crippen LogP contribution in [0.25, 0.3) is 0 Å². The minimum atomic E-state index is 0.375. The fraction of sp³-hybridized carbons (Fsp3) is 0.389. The fourth-order valence-electron chi connectivity index (χ4n) is 2.78. The highest BCUT2D eigenvalue weighted by Crippen LogP contribution is 2.27. The number of ether oxygens (including phenoxy) is 1. The number of benzene rings is 1. The number of rotatable bonds is 6. The number of aryl methyl sites for hydroxylation is 2. The van der Waals surface area contributed by atoms with Crippen molar-refractivity contribution in [1.29, 1.82) is 0 Å². The molecule has 2 rings (SSSR count). The van der Waals surface area contributed by atoms with Gasteiger partial charge in [-0.25, -0.2) is 0 Å². The smallest absolute Gasteiger partial charge is 0.128 e. The van der Waals surface area contributed by atoms with Crippen molar-refractivity contribution in [3.8, 4) is 5.75 Å². The van der Waals surface area contributed by atoms with Crippen LogP contribution < -0.4 is 10.5 Å². The quantitative estimate of drug-likeness (QED) is 0.884. The molecule has 3 heteroatoms. The molecule has 0 aliphatic heterocycles. The van der Waals surface area contributed by atoms with E-state index >= 15 is 0 Å². The molecule has 0 amide bonds. The van der Waals surface area contributed by atoms with Crippen LogP contribution in [0.2, 0.25) is 0 Å². The lowest BCUT2D eigenvalue weighted by molar-refractivity contribution is 0.406. The van der Waals surface area contributed by atoms with E-state index in [0.717, 1.165) is 35.4 Å². The van der Waals surface area contributed by atoms with Gasteiger partial charge in [0.05, 0.1) is 7.11 Å². The molecule has 2 aromatic rings. The molecular weight excluding hydrogens is 260 g/mol. The highest BCUT2D eigenvalue weighted by molar-refractivity contribution is 5.41. The number of methoxy groups -OCH3 is 1. The Morgan fingerprint density at radius 1 is 1.19 bits per heavy atom. The van der Waals surface area contributed by atoms with Crippen molar-refractivity contribution >= 4 is 0 Å². The number of aromatic nitrogens is 1. The summed E-state index contributed by atoms with van der Waals surface area (Å²) in [5.41, 5.74) is 10.6. The molecule has 0 spiro atoms. The third-order valence-corrected chi connectivity index (χ3v) is 4.03. The third-order valence-electron chi connectivity index (χ3n) is 4.03. The lowest BCUT2D eigenvalue weighted by Crippen LogP contribution is -2.14. The molecule has 2 N–H and O–H groups in total. The Bertz CT molecular complexity index is 581. The number of pyridine rings is 1. The maximum atomic E-state index is 5.94. The summed E-state index contributed by atoms with van der Waals surface area (Å²) in [5.74, 6) is 1.32. The molecule has 1 heterocycles. The minimum absolute atomic E-state index is 0.375. The van der Waals surface area contributed by atoms with E-state index in [1.54, 1.807) is 7.11 Å². The Morgan fingerprint density at radius 2 is 1.90 bits per heavy atom. The van der Waals surface area contributed by atoms with Gasteiger partial charge in [-0.2, -0.15) is 0 Å². The van der Waals surface area contributed by atoms with Crippen molar-refractivity contribution in [2.75, 3.05) is 13.7 Å². The van der Waals surface area contributed by atoms with Crippen molar-refractivity contribution in [3.63, 3.8) is 0 Å². The van der Waals surface area contributed by atoms with Gasteiger partial charge >= 0.3 is 0 Å². The van der Waals surface area contributed by atoms with E-state index in [1.165, 1.54) is 5.56 Å². The monoisotopic (exact) mass is 284 g/mol. The van der Waals surface area contributed by atoms with Gasteiger partial charge in [-0.3, -0.25) is 4.98 Å². The van der Waals surface area contributed by atoms with Gasteiger partial charge in [-0.05, 0) is 44.7 Å². The van der Waals surface area contributed by atoms with Gasteiger partial charge in [0.25, 0.3) is 0 Å². The summed E-state index contributed by atoms with van der Waals surface area (Å²) in [6, 6.07) is 10.5. The molecule has 0 bridgehead atoms. The van der Waals surface area contributed by atoms with E-state index in [2.05, 4.69) is 36.2 Å². The van der Waals surface area contributed by atoms with Crippen LogP contribution in [0.3, 0.4) is 0 Å². The predicted molar refractivity (Wildman–Crippen MR) is 86.8 cm³/mol. The number of nitrogens with two attached hydrogens (primary N) is 1. The highest BCUT2D eigenvalue weighted by Gasteiger charge is 2.13. The Morgan fingerprint density at radius 3 is 2.52 bits per heavy atom. The Kier molecular flexibility index (Phi) is 5.34. The molecule has 1 unspecified atom stereocenters. The Labute approximate surface area is 127 Å². The molecule has 1 aromatic heterocycles. The summed E-state index contributed by atoms with van der Waals surface area (Å²) >= 11 is 0. The zero-order valence-electron chi connectivity index (χ0n) is 13.1. The van der Waals surface area contributed by atoms with Crippen LogP contribution in [-0.2, 0) is 6.42 Å². The van der Waals surface area contributed by atoms with Crippen LogP contribution in [0.4, 0.5) is 0 Å². The third kappa shape index (κ3) is 3.61. The summed E-state index contributed by atoms with van der Waals surface area (Å²) in [7, 11) is 1.71. The van der Waals surface area contributed by atoms with Crippen LogP contribution in [0.15, 0.2) is 36.5 Å². The standard InChI is InChI=1S/C18H24N2O/c1-13-12-20-17(14(2)18(13)21-3)10-9-16(11-19)15-7-5-4-6-8-15/h4-8,12,16H,9-11,19H2,1-3H3. The maximum absolute atomic E-state index is 5.94. The SMILES string of the molecule is COc1c(C)cnc(CCC(CN)c2ccccc2)c1C. The normalized spacial score (nSPS) is 12.2. The zero-order valence-corrected chi connectivity index (χ0v) is 13.1. The van der Waals surface area contributed by atoms with E-state index in [4.69, 9.17) is 10.5 Å². The molecule has 0 saturated heterocycles. The van der Waals surface area contributed by atoms with Crippen molar-refractivity contribution in [2.45, 2.75) is 32.6 Å².